The minimum absolute atomic E-state index is 0.0459. The molecule has 0 fully saturated rings. The molecule has 0 aliphatic carbocycles. The van der Waals surface area contributed by atoms with Crippen molar-refractivity contribution in [2.24, 2.45) is 0 Å². The van der Waals surface area contributed by atoms with Crippen LogP contribution >= 0.6 is 0 Å². The van der Waals surface area contributed by atoms with Crippen LogP contribution < -0.4 is 5.32 Å². The number of carbonyl (C=O) groups is 2. The molecule has 0 aliphatic heterocycles. The molecule has 1 amide bonds. The van der Waals surface area contributed by atoms with Crippen LogP contribution in [-0.4, -0.2) is 46.9 Å². The molecule has 6 nitrogen and oxygen atoms in total. The molecule has 322 valence electrons. The van der Waals surface area contributed by atoms with Gasteiger partial charge in [0, 0.05) is 6.42 Å². The minimum Gasteiger partial charge on any atom is -0.462 e. The Labute approximate surface area is 345 Å². The number of aliphatic hydroxyl groups is 2. The molecular weight excluding hydrogens is 695 g/mol. The lowest BCUT2D eigenvalue weighted by Crippen LogP contribution is -2.46. The van der Waals surface area contributed by atoms with E-state index in [-0.39, 0.29) is 24.9 Å². The number of rotatable bonds is 40. The summed E-state index contributed by atoms with van der Waals surface area (Å²) in [7, 11) is 0. The highest BCUT2D eigenvalue weighted by molar-refractivity contribution is 5.77. The van der Waals surface area contributed by atoms with Crippen molar-refractivity contribution < 1.29 is 24.5 Å². The van der Waals surface area contributed by atoms with Gasteiger partial charge in [0.05, 0.1) is 25.2 Å². The summed E-state index contributed by atoms with van der Waals surface area (Å²) in [6, 6.07) is -0.716. The van der Waals surface area contributed by atoms with Crippen LogP contribution in [0, 0.1) is 0 Å². The lowest BCUT2D eigenvalue weighted by molar-refractivity contribution is -0.151. The number of ether oxygens (including phenoxy) is 1. The van der Waals surface area contributed by atoms with Crippen molar-refractivity contribution in [1.29, 1.82) is 0 Å². The number of allylic oxidation sites excluding steroid dienone is 12. The van der Waals surface area contributed by atoms with Crippen LogP contribution in [0.15, 0.2) is 72.9 Å². The zero-order chi connectivity index (χ0) is 41.0. The average molecular weight is 782 g/mol. The van der Waals surface area contributed by atoms with Crippen molar-refractivity contribution in [1.82, 2.24) is 5.32 Å². The summed E-state index contributed by atoms with van der Waals surface area (Å²) in [6.07, 6.45) is 53.9. The van der Waals surface area contributed by atoms with Crippen molar-refractivity contribution in [2.75, 3.05) is 6.61 Å². The molecule has 0 saturated carbocycles. The summed E-state index contributed by atoms with van der Waals surface area (Å²) in [5.41, 5.74) is 0. The van der Waals surface area contributed by atoms with E-state index in [0.717, 1.165) is 96.3 Å². The Balaban J connectivity index is 4.63. The molecule has 56 heavy (non-hydrogen) atoms. The van der Waals surface area contributed by atoms with E-state index in [9.17, 15) is 19.8 Å². The molecular formula is C50H87NO5. The van der Waals surface area contributed by atoms with Gasteiger partial charge in [-0.25, -0.2) is 0 Å². The molecule has 0 bridgehead atoms. The van der Waals surface area contributed by atoms with E-state index in [0.29, 0.717) is 19.3 Å². The topological polar surface area (TPSA) is 95.9 Å². The molecule has 0 aromatic carbocycles. The quantitative estimate of drug-likeness (QED) is 0.0249. The maximum atomic E-state index is 13.1. The molecule has 0 radical (unpaired) electrons. The zero-order valence-electron chi connectivity index (χ0n) is 36.5. The summed E-state index contributed by atoms with van der Waals surface area (Å²) in [5.74, 6) is -0.531. The molecule has 0 heterocycles. The largest absolute Gasteiger partial charge is 0.462 e. The second-order valence-electron chi connectivity index (χ2n) is 15.5. The van der Waals surface area contributed by atoms with Gasteiger partial charge in [-0.05, 0) is 77.0 Å². The molecule has 3 atom stereocenters. The Morgan fingerprint density at radius 3 is 1.68 bits per heavy atom. The van der Waals surface area contributed by atoms with E-state index >= 15 is 0 Å². The Morgan fingerprint density at radius 2 is 1.05 bits per heavy atom. The number of esters is 1. The third kappa shape index (κ3) is 38.2. The molecule has 3 unspecified atom stereocenters. The third-order valence-corrected chi connectivity index (χ3v) is 10.1. The highest BCUT2D eigenvalue weighted by Gasteiger charge is 2.24. The van der Waals surface area contributed by atoms with Crippen molar-refractivity contribution in [3.63, 3.8) is 0 Å². The van der Waals surface area contributed by atoms with Gasteiger partial charge in [-0.3, -0.25) is 9.59 Å². The number of hydrogen-bond acceptors (Lipinski definition) is 5. The fraction of sp³-hybridized carbons (Fsp3) is 0.720. The Kier molecular flexibility index (Phi) is 41.3. The van der Waals surface area contributed by atoms with Gasteiger partial charge in [0.1, 0.15) is 6.10 Å². The smallest absolute Gasteiger partial charge is 0.306 e. The van der Waals surface area contributed by atoms with Crippen LogP contribution in [0.25, 0.3) is 0 Å². The minimum atomic E-state index is -0.800. The van der Waals surface area contributed by atoms with Crippen LogP contribution in [0.4, 0.5) is 0 Å². The molecule has 0 aromatic heterocycles. The second-order valence-corrected chi connectivity index (χ2v) is 15.5. The maximum absolute atomic E-state index is 13.1. The van der Waals surface area contributed by atoms with Gasteiger partial charge in [0.15, 0.2) is 0 Å². The third-order valence-electron chi connectivity index (χ3n) is 10.1. The number of unbranched alkanes of at least 4 members (excludes halogenated alkanes) is 18. The molecule has 0 spiro atoms. The molecule has 6 heteroatoms. The van der Waals surface area contributed by atoms with Crippen LogP contribution in [0.1, 0.15) is 207 Å². The van der Waals surface area contributed by atoms with Crippen LogP contribution in [0.5, 0.6) is 0 Å². The summed E-state index contributed by atoms with van der Waals surface area (Å²) in [5, 5.41) is 23.6. The maximum Gasteiger partial charge on any atom is 0.306 e. The SMILES string of the molecule is CC/C=C/C=C/C=C\CCCCCC(CC(=O)NC(CO)C(O)CCCCCCCCCCCC)OC(=O)CCCCCCCC/C=C/C/C=C/C/C=C/CC. The first-order valence-electron chi connectivity index (χ1n) is 23.2. The molecule has 0 rings (SSSR count). The van der Waals surface area contributed by atoms with E-state index in [4.69, 9.17) is 4.74 Å². The zero-order valence-corrected chi connectivity index (χ0v) is 36.5. The number of aliphatic hydroxyl groups excluding tert-OH is 2. The summed E-state index contributed by atoms with van der Waals surface area (Å²) >= 11 is 0. The van der Waals surface area contributed by atoms with Gasteiger partial charge < -0.3 is 20.3 Å². The Morgan fingerprint density at radius 1 is 0.554 bits per heavy atom. The van der Waals surface area contributed by atoms with Gasteiger partial charge in [-0.15, -0.1) is 0 Å². The van der Waals surface area contributed by atoms with Crippen molar-refractivity contribution in [3.05, 3.63) is 72.9 Å². The lowest BCUT2D eigenvalue weighted by Gasteiger charge is -2.24. The predicted molar refractivity (Wildman–Crippen MR) is 241 cm³/mol. The highest BCUT2D eigenvalue weighted by atomic mass is 16.5. The van der Waals surface area contributed by atoms with Crippen LogP contribution in [-0.2, 0) is 14.3 Å². The van der Waals surface area contributed by atoms with Crippen LogP contribution in [0.3, 0.4) is 0 Å². The van der Waals surface area contributed by atoms with Crippen molar-refractivity contribution in [3.8, 4) is 0 Å². The normalized spacial score (nSPS) is 14.0. The van der Waals surface area contributed by atoms with Crippen molar-refractivity contribution in [2.45, 2.75) is 225 Å². The standard InChI is InChI=1S/C50H87NO5/c1-4-7-10-13-16-19-22-23-24-25-26-28-31-34-37-40-43-50(55)56-46(41-38-35-32-29-27-20-17-14-11-8-5-2)44-49(54)51-47(45-52)48(53)42-39-36-33-30-21-18-15-12-9-6-3/h7-8,10-11,14,16-17,19-20,23-24,27,46-48,52-53H,4-6,9,12-13,15,18,21-22,25-26,28-45H2,1-3H3,(H,51,54)/b10-7+,11-8+,17-14+,19-16+,24-23+,27-20-. The second kappa shape index (κ2) is 43.4. The summed E-state index contributed by atoms with van der Waals surface area (Å²) < 4.78 is 5.88. The summed E-state index contributed by atoms with van der Waals surface area (Å²) in [4.78, 5) is 26.0. The first-order valence-corrected chi connectivity index (χ1v) is 23.2. The number of carbonyl (C=O) groups excluding carboxylic acids is 2. The van der Waals surface area contributed by atoms with Gasteiger partial charge in [-0.1, -0.05) is 190 Å². The highest BCUT2D eigenvalue weighted by Crippen LogP contribution is 2.17. The first kappa shape index (κ1) is 53.3. The predicted octanol–water partition coefficient (Wildman–Crippen LogP) is 13.4. The fourth-order valence-electron chi connectivity index (χ4n) is 6.62. The molecule has 0 aromatic rings. The van der Waals surface area contributed by atoms with E-state index in [1.54, 1.807) is 0 Å². The van der Waals surface area contributed by atoms with E-state index in [1.807, 2.05) is 12.2 Å². The molecule has 0 saturated heterocycles. The monoisotopic (exact) mass is 782 g/mol. The van der Waals surface area contributed by atoms with Crippen molar-refractivity contribution >= 4 is 11.9 Å². The molecule has 3 N–H and O–H groups in total. The van der Waals surface area contributed by atoms with Gasteiger partial charge in [0.2, 0.25) is 5.91 Å². The van der Waals surface area contributed by atoms with E-state index in [2.05, 4.69) is 86.8 Å². The number of hydrogen-bond donors (Lipinski definition) is 3. The summed E-state index contributed by atoms with van der Waals surface area (Å²) in [6.45, 7) is 6.19. The van der Waals surface area contributed by atoms with Gasteiger partial charge >= 0.3 is 5.97 Å². The Bertz CT molecular complexity index is 1060. The lowest BCUT2D eigenvalue weighted by atomic mass is 10.0. The number of nitrogens with one attached hydrogen (secondary N) is 1. The average Bonchev–Trinajstić information content (AvgIpc) is 3.19. The van der Waals surface area contributed by atoms with Gasteiger partial charge in [-0.2, -0.15) is 0 Å². The van der Waals surface area contributed by atoms with E-state index in [1.165, 1.54) is 64.2 Å². The van der Waals surface area contributed by atoms with Crippen LogP contribution in [0.2, 0.25) is 0 Å². The molecule has 0 aliphatic rings. The Hall–Kier alpha value is -2.70. The number of amides is 1. The van der Waals surface area contributed by atoms with Gasteiger partial charge in [0.25, 0.3) is 0 Å². The van der Waals surface area contributed by atoms with E-state index < -0.39 is 18.2 Å². The first-order chi connectivity index (χ1) is 27.5. The fourth-order valence-corrected chi connectivity index (χ4v) is 6.62.